The van der Waals surface area contributed by atoms with Crippen molar-refractivity contribution in [1.82, 2.24) is 88.5 Å². The number of fused-ring (bicyclic) bond motifs is 4. The Morgan fingerprint density at radius 1 is 0.427 bits per heavy atom. The third-order valence-corrected chi connectivity index (χ3v) is 25.6. The molecule has 124 heavy (non-hydrogen) atoms. The second-order valence-corrected chi connectivity index (χ2v) is 34.7. The Morgan fingerprint density at radius 2 is 0.806 bits per heavy atom. The molecular formula is C92H109Cl3N22O7. The Kier molecular flexibility index (Phi) is 27.9. The smallest absolute Gasteiger partial charge is 0.302 e. The lowest BCUT2D eigenvalue weighted by atomic mass is 9.92. The number of pyridine rings is 4. The summed E-state index contributed by atoms with van der Waals surface area (Å²) in [6.45, 7) is 19.2. The molecule has 15 heterocycles. The molecule has 29 nitrogen and oxygen atoms in total. The number of carbonyl (C=O) groups excluding carboxylic acids is 4. The van der Waals surface area contributed by atoms with Gasteiger partial charge in [-0.2, -0.15) is 0 Å². The quantitative estimate of drug-likeness (QED) is 0.0768. The highest BCUT2D eigenvalue weighted by Gasteiger charge is 2.37. The number of aromatic nitrogens is 12. The molecular weight excluding hydrogens is 1630 g/mol. The van der Waals surface area contributed by atoms with Crippen molar-refractivity contribution < 1.29 is 33.4 Å². The highest BCUT2D eigenvalue weighted by molar-refractivity contribution is 6.31. The monoisotopic (exact) mass is 1740 g/mol. The van der Waals surface area contributed by atoms with Crippen LogP contribution in [0.1, 0.15) is 70.3 Å². The predicted molar refractivity (Wildman–Crippen MR) is 486 cm³/mol. The molecule has 7 fully saturated rings. The van der Waals surface area contributed by atoms with Gasteiger partial charge in [0.25, 0.3) is 0 Å². The Hall–Kier alpha value is -10.9. The maximum atomic E-state index is 13.2. The third kappa shape index (κ3) is 20.4. The Bertz CT molecular complexity index is 5620. The number of morpholine rings is 2. The summed E-state index contributed by atoms with van der Waals surface area (Å²) in [5.74, 6) is 4.78. The number of nitrogens with zero attached hydrogens (tertiary/aromatic N) is 22. The molecule has 19 rings (SSSR count). The van der Waals surface area contributed by atoms with Gasteiger partial charge in [-0.3, -0.25) is 39.1 Å². The first-order valence-corrected chi connectivity index (χ1v) is 44.3. The molecule has 0 aliphatic carbocycles. The zero-order chi connectivity index (χ0) is 85.9. The number of piperidine rings is 2. The average molecular weight is 1740 g/mol. The first-order chi connectivity index (χ1) is 60.3. The molecule has 4 aromatic carbocycles. The largest absolute Gasteiger partial charge is 0.462 e. The summed E-state index contributed by atoms with van der Waals surface area (Å²) < 4.78 is 24.6. The van der Waals surface area contributed by atoms with Crippen molar-refractivity contribution in [3.05, 3.63) is 192 Å². The van der Waals surface area contributed by atoms with E-state index in [1.165, 1.54) is 25.3 Å². The van der Waals surface area contributed by atoms with Crippen molar-refractivity contribution in [2.24, 2.45) is 5.92 Å². The fourth-order valence-corrected chi connectivity index (χ4v) is 18.0. The van der Waals surface area contributed by atoms with Crippen molar-refractivity contribution in [3.63, 3.8) is 0 Å². The van der Waals surface area contributed by atoms with Crippen molar-refractivity contribution in [2.45, 2.75) is 95.9 Å². The van der Waals surface area contributed by atoms with E-state index in [1.54, 1.807) is 18.6 Å². The van der Waals surface area contributed by atoms with Crippen LogP contribution in [0.25, 0.3) is 66.4 Å². The van der Waals surface area contributed by atoms with Gasteiger partial charge >= 0.3 is 5.97 Å². The summed E-state index contributed by atoms with van der Waals surface area (Å²) in [6, 6.07) is 39.5. The minimum atomic E-state index is -0.205. The SMILES string of the molecule is CC(=O)OC1CCN(c2nn(-c3ccc(C)cc3)c3cnccc23)CC1.CN(C)[C@H]1CCN(C(=O)CC2COCCN2c2nn(-c3ccc(Cl)cc3)c3cnccc23)C1.CN1CCC(CCC(=O)N2CCN(c3nn(-c4ccc(Cl)cc4)c4cnccc34)CC2)CC1.CN1CCN(C(=O)CC2COCCN2c2nn(-c3ccc(Cl)cc3)c3cnccc23)CC1. The number of rotatable bonds is 17. The van der Waals surface area contributed by atoms with Crippen LogP contribution in [0.15, 0.2) is 171 Å². The van der Waals surface area contributed by atoms with E-state index in [9.17, 15) is 19.2 Å². The van der Waals surface area contributed by atoms with Gasteiger partial charge in [0.05, 0.1) is 108 Å². The summed E-state index contributed by atoms with van der Waals surface area (Å²) in [5.41, 5.74) is 8.81. The van der Waals surface area contributed by atoms with E-state index in [2.05, 4.69) is 114 Å². The number of amides is 3. The molecule has 8 aromatic heterocycles. The predicted octanol–water partition coefficient (Wildman–Crippen LogP) is 12.4. The summed E-state index contributed by atoms with van der Waals surface area (Å²) in [5, 5.41) is 26.0. The number of esters is 1. The highest BCUT2D eigenvalue weighted by Crippen LogP contribution is 2.37. The lowest BCUT2D eigenvalue weighted by Gasteiger charge is -2.38. The Morgan fingerprint density at radius 3 is 1.23 bits per heavy atom. The minimum absolute atomic E-state index is 0.0101. The van der Waals surface area contributed by atoms with E-state index >= 15 is 0 Å². The number of likely N-dealkylation sites (N-methyl/N-ethyl adjacent to an activating group) is 2. The van der Waals surface area contributed by atoms with E-state index in [0.29, 0.717) is 91.7 Å². The van der Waals surface area contributed by atoms with Crippen molar-refractivity contribution in [3.8, 4) is 22.7 Å². The number of benzene rings is 4. The van der Waals surface area contributed by atoms with Crippen LogP contribution in [0.2, 0.25) is 15.1 Å². The van der Waals surface area contributed by atoms with Crippen LogP contribution in [-0.4, -0.2) is 296 Å². The van der Waals surface area contributed by atoms with E-state index in [0.717, 1.165) is 207 Å². The minimum Gasteiger partial charge on any atom is -0.462 e. The van der Waals surface area contributed by atoms with Gasteiger partial charge < -0.3 is 63.2 Å². The number of anilines is 4. The average Bonchev–Trinajstić information content (AvgIpc) is 1.63. The maximum Gasteiger partial charge on any atom is 0.302 e. The van der Waals surface area contributed by atoms with Crippen LogP contribution in [-0.2, 0) is 33.4 Å². The second-order valence-electron chi connectivity index (χ2n) is 33.4. The molecule has 0 N–H and O–H groups in total. The summed E-state index contributed by atoms with van der Waals surface area (Å²) in [4.78, 5) is 89.3. The van der Waals surface area contributed by atoms with Crippen LogP contribution in [0.4, 0.5) is 23.3 Å². The van der Waals surface area contributed by atoms with Gasteiger partial charge in [-0.15, -0.1) is 20.4 Å². The molecule has 7 aliphatic heterocycles. The number of carbonyl (C=O) groups is 4. The number of hydrogen-bond acceptors (Lipinski definition) is 22. The van der Waals surface area contributed by atoms with Gasteiger partial charge in [0, 0.05) is 198 Å². The molecule has 7 aliphatic rings. The normalized spacial score (nSPS) is 19.0. The van der Waals surface area contributed by atoms with Crippen molar-refractivity contribution in [1.29, 1.82) is 0 Å². The molecule has 32 heteroatoms. The van der Waals surface area contributed by atoms with Gasteiger partial charge in [-0.1, -0.05) is 52.5 Å². The molecule has 650 valence electrons. The van der Waals surface area contributed by atoms with Crippen LogP contribution in [0.3, 0.4) is 0 Å². The first-order valence-electron chi connectivity index (χ1n) is 43.2. The van der Waals surface area contributed by atoms with Crippen molar-refractivity contribution >= 4 is 125 Å². The summed E-state index contributed by atoms with van der Waals surface area (Å²) in [7, 11) is 8.42. The summed E-state index contributed by atoms with van der Waals surface area (Å²) in [6.07, 6.45) is 22.2. The lowest BCUT2D eigenvalue weighted by molar-refractivity contribution is -0.147. The summed E-state index contributed by atoms with van der Waals surface area (Å²) >= 11 is 18.2. The van der Waals surface area contributed by atoms with Crippen molar-refractivity contribution in [2.75, 3.05) is 179 Å². The lowest BCUT2D eigenvalue weighted by Crippen LogP contribution is -2.51. The highest BCUT2D eigenvalue weighted by atomic mass is 35.5. The van der Waals surface area contributed by atoms with Gasteiger partial charge in [-0.05, 0) is 189 Å². The maximum absolute atomic E-state index is 13.2. The van der Waals surface area contributed by atoms with Gasteiger partial charge in [-0.25, -0.2) is 18.7 Å². The van der Waals surface area contributed by atoms with Crippen LogP contribution in [0, 0.1) is 12.8 Å². The fourth-order valence-electron chi connectivity index (χ4n) is 17.6. The Labute approximate surface area is 737 Å². The zero-order valence-corrected chi connectivity index (χ0v) is 73.7. The van der Waals surface area contributed by atoms with Crippen LogP contribution in [0.5, 0.6) is 0 Å². The fraction of sp³-hybridized carbons (Fsp3) is 0.435. The van der Waals surface area contributed by atoms with E-state index in [4.69, 9.17) is 69.4 Å². The second kappa shape index (κ2) is 40.0. The molecule has 7 saturated heterocycles. The van der Waals surface area contributed by atoms with E-state index < -0.39 is 0 Å². The first kappa shape index (κ1) is 86.6. The molecule has 0 bridgehead atoms. The molecule has 0 saturated carbocycles. The van der Waals surface area contributed by atoms with Crippen LogP contribution >= 0.6 is 34.8 Å². The van der Waals surface area contributed by atoms with E-state index in [1.807, 2.05) is 161 Å². The number of hydrogen-bond donors (Lipinski definition) is 0. The standard InChI is InChI=1S/C25H31ClN6O.C24H29ClN6O2.C23H27ClN6O2.C20H22N4O2/c1-29-12-9-19(10-13-29)2-7-24(33)30-14-16-31(17-15-30)25-22-8-11-27-18-23(22)32(28-25)21-5-3-20(26)4-6-21;1-28(2)19-8-10-29(15-19)23(32)13-20-16-33-12-11-30(20)24-21-7-9-26-14-22(21)31(27-24)18-5-3-17(25)4-6-18;1-27-8-10-28(11-9-27)22(31)14-19-16-32-13-12-29(19)23-20-6-7-25-15-21(20)30(26-23)18-4-2-17(24)3-5-18;1-14-3-5-16(6-4-14)24-19-13-21-10-7-18(19)20(22-24)23-11-8-17(9-12-23)26-15(2)25/h3-6,8,11,18-19H,2,7,9-10,12-17H2,1H3;3-7,9,14,19-20H,8,10-13,15-16H2,1-2H3;2-7,15,19H,8-14,16H2,1H3;3-7,10,13,17H,8-9,11-12H2,1-2H3/t;19-,20?;;/m.0../s1. The number of halogens is 3. The molecule has 3 atom stereocenters. The van der Waals surface area contributed by atoms with Crippen LogP contribution < -0.4 is 19.6 Å². The van der Waals surface area contributed by atoms with E-state index in [-0.39, 0.29) is 36.0 Å². The molecule has 0 radical (unpaired) electrons. The molecule has 0 spiro atoms. The van der Waals surface area contributed by atoms with Gasteiger partial charge in [0.15, 0.2) is 23.3 Å². The third-order valence-electron chi connectivity index (χ3n) is 24.9. The number of aryl methyl sites for hydroxylation is 1. The van der Waals surface area contributed by atoms with Gasteiger partial charge in [0.1, 0.15) is 6.10 Å². The number of ether oxygens (including phenoxy) is 3. The number of piperazine rings is 2. The molecule has 12 aromatic rings. The topological polar surface area (TPSA) is 251 Å². The molecule has 2 unspecified atom stereocenters. The Balaban J connectivity index is 0.000000123. The number of likely N-dealkylation sites (tertiary alicyclic amines) is 2. The molecule has 3 amide bonds. The zero-order valence-electron chi connectivity index (χ0n) is 71.4. The van der Waals surface area contributed by atoms with Gasteiger partial charge in [0.2, 0.25) is 17.7 Å².